The van der Waals surface area contributed by atoms with Crippen molar-refractivity contribution in [2.24, 2.45) is 0 Å². The van der Waals surface area contributed by atoms with Gasteiger partial charge in [0.15, 0.2) is 0 Å². The van der Waals surface area contributed by atoms with E-state index in [1.54, 1.807) is 38.4 Å². The molecule has 0 unspecified atom stereocenters. The summed E-state index contributed by atoms with van der Waals surface area (Å²) in [6.45, 7) is 0. The Hall–Kier alpha value is -3.06. The van der Waals surface area contributed by atoms with Crippen molar-refractivity contribution in [2.45, 2.75) is 6.18 Å². The fourth-order valence-corrected chi connectivity index (χ4v) is 4.23. The average Bonchev–Trinajstić information content (AvgIpc) is 2.82. The summed E-state index contributed by atoms with van der Waals surface area (Å²) >= 11 is 7.72. The van der Waals surface area contributed by atoms with E-state index in [0.29, 0.717) is 20.8 Å². The van der Waals surface area contributed by atoms with E-state index < -0.39 is 22.8 Å². The maximum absolute atomic E-state index is 13.2. The van der Waals surface area contributed by atoms with E-state index in [2.05, 4.69) is 4.98 Å². The third kappa shape index (κ3) is 6.19. The Morgan fingerprint density at radius 1 is 0.944 bits per heavy atom. The minimum atomic E-state index is -4.65. The zero-order valence-electron chi connectivity index (χ0n) is 19.6. The van der Waals surface area contributed by atoms with Gasteiger partial charge in [0, 0.05) is 49.7 Å². The van der Waals surface area contributed by atoms with Crippen molar-refractivity contribution >= 4 is 57.5 Å². The van der Waals surface area contributed by atoms with Gasteiger partial charge in [-0.05, 0) is 65.1 Å². The number of ether oxygens (including phenoxy) is 1. The molecule has 1 aromatic heterocycles. The average molecular weight is 633 g/mol. The van der Waals surface area contributed by atoms with Crippen LogP contribution in [0.1, 0.15) is 16.1 Å². The van der Waals surface area contributed by atoms with Gasteiger partial charge in [0.25, 0.3) is 5.91 Å². The zero-order valence-corrected chi connectivity index (χ0v) is 22.5. The van der Waals surface area contributed by atoms with Gasteiger partial charge >= 0.3 is 12.2 Å². The second kappa shape index (κ2) is 10.9. The van der Waals surface area contributed by atoms with Crippen molar-refractivity contribution in [1.29, 1.82) is 0 Å². The molecule has 3 rings (SSSR count). The third-order valence-corrected chi connectivity index (χ3v) is 6.28. The number of pyridine rings is 1. The molecule has 3 aromatic rings. The Labute approximate surface area is 224 Å². The number of hydrogen-bond donors (Lipinski definition) is 0. The van der Waals surface area contributed by atoms with Crippen LogP contribution in [0.4, 0.5) is 29.3 Å². The minimum Gasteiger partial charge on any atom is -0.457 e. The molecular formula is C24H21ClF3IN4O3. The Bertz CT molecular complexity index is 1300. The molecule has 0 aliphatic carbocycles. The highest BCUT2D eigenvalue weighted by Crippen LogP contribution is 2.37. The lowest BCUT2D eigenvalue weighted by Gasteiger charge is -2.26. The summed E-state index contributed by atoms with van der Waals surface area (Å²) in [6, 6.07) is 10.8. The molecule has 7 nitrogen and oxygen atoms in total. The van der Waals surface area contributed by atoms with Crippen LogP contribution in [0, 0.1) is 3.57 Å². The van der Waals surface area contributed by atoms with E-state index >= 15 is 0 Å². The molecule has 0 saturated carbocycles. The van der Waals surface area contributed by atoms with Crippen molar-refractivity contribution < 1.29 is 27.5 Å². The summed E-state index contributed by atoms with van der Waals surface area (Å²) in [5.74, 6) is 0.600. The summed E-state index contributed by atoms with van der Waals surface area (Å²) in [4.78, 5) is 33.0. The first-order chi connectivity index (χ1) is 16.8. The van der Waals surface area contributed by atoms with Crippen LogP contribution in [0.3, 0.4) is 0 Å². The van der Waals surface area contributed by atoms with Gasteiger partial charge in [0.1, 0.15) is 17.2 Å². The van der Waals surface area contributed by atoms with E-state index in [0.717, 1.165) is 17.0 Å². The molecule has 0 bridgehead atoms. The molecule has 0 spiro atoms. The van der Waals surface area contributed by atoms with Crippen molar-refractivity contribution in [3.63, 3.8) is 0 Å². The molecule has 0 N–H and O–H groups in total. The molecule has 0 fully saturated rings. The number of amides is 3. The van der Waals surface area contributed by atoms with Gasteiger partial charge in [-0.1, -0.05) is 11.6 Å². The summed E-state index contributed by atoms with van der Waals surface area (Å²) in [7, 11) is 6.13. The smallest absolute Gasteiger partial charge is 0.417 e. The molecule has 1 heterocycles. The molecule has 0 aliphatic rings. The summed E-state index contributed by atoms with van der Waals surface area (Å²) in [5, 5.41) is -0.446. The lowest BCUT2D eigenvalue weighted by atomic mass is 10.2. The van der Waals surface area contributed by atoms with Gasteiger partial charge in [-0.2, -0.15) is 13.2 Å². The number of alkyl halides is 3. The first-order valence-electron chi connectivity index (χ1n) is 10.3. The third-order valence-electron chi connectivity index (χ3n) is 5.09. The van der Waals surface area contributed by atoms with Crippen molar-refractivity contribution in [2.75, 3.05) is 38.0 Å². The largest absolute Gasteiger partial charge is 0.457 e. The fourth-order valence-electron chi connectivity index (χ4n) is 3.16. The highest BCUT2D eigenvalue weighted by Gasteiger charge is 2.34. The maximum atomic E-state index is 13.2. The highest BCUT2D eigenvalue weighted by atomic mass is 127. The molecule has 0 radical (unpaired) electrons. The lowest BCUT2D eigenvalue weighted by molar-refractivity contribution is -0.137. The Morgan fingerprint density at radius 3 is 2.22 bits per heavy atom. The number of halogens is 5. The fraction of sp³-hybridized carbons (Fsp3) is 0.208. The predicted octanol–water partition coefficient (Wildman–Crippen LogP) is 6.55. The second-order valence-corrected chi connectivity index (χ2v) is 9.42. The number of rotatable bonds is 5. The standard InChI is InChI=1S/C24H21ClF3IN4O3/c1-31(2)22(34)20-13-16(9-10-30-20)36-15-6-8-21(19(29)12-15)33(4)23(35)32(3)14-5-7-18(25)17(11-14)24(26,27)28/h5-13H,1-4H3. The first-order valence-corrected chi connectivity index (χ1v) is 11.8. The van der Waals surface area contributed by atoms with E-state index in [1.165, 1.54) is 42.2 Å². The van der Waals surface area contributed by atoms with Crippen molar-refractivity contribution in [1.82, 2.24) is 9.88 Å². The van der Waals surface area contributed by atoms with Gasteiger partial charge in [-0.3, -0.25) is 19.6 Å². The van der Waals surface area contributed by atoms with Crippen LogP contribution in [0.15, 0.2) is 54.7 Å². The SMILES string of the molecule is CN(C)C(=O)c1cc(Oc2ccc(N(C)C(=O)N(C)c3ccc(Cl)c(C(F)(F)F)c3)c(I)c2)ccn1. The Balaban J connectivity index is 1.79. The van der Waals surface area contributed by atoms with Crippen LogP contribution < -0.4 is 14.5 Å². The van der Waals surface area contributed by atoms with Gasteiger partial charge in [0.2, 0.25) is 0 Å². The predicted molar refractivity (Wildman–Crippen MR) is 140 cm³/mol. The monoisotopic (exact) mass is 632 g/mol. The Kier molecular flexibility index (Phi) is 8.34. The molecule has 12 heteroatoms. The molecule has 0 aliphatic heterocycles. The van der Waals surface area contributed by atoms with Crippen molar-refractivity contribution in [3.8, 4) is 11.5 Å². The second-order valence-electron chi connectivity index (χ2n) is 7.85. The van der Waals surface area contributed by atoms with Gasteiger partial charge in [-0.25, -0.2) is 4.79 Å². The quantitative estimate of drug-likeness (QED) is 0.300. The van der Waals surface area contributed by atoms with E-state index in [1.807, 2.05) is 22.6 Å². The Morgan fingerprint density at radius 2 is 1.61 bits per heavy atom. The molecule has 3 amide bonds. The van der Waals surface area contributed by atoms with Crippen LogP contribution in [0.2, 0.25) is 5.02 Å². The number of carbonyl (C=O) groups is 2. The number of benzene rings is 2. The number of anilines is 2. The van der Waals surface area contributed by atoms with Crippen LogP contribution in [0.25, 0.3) is 0 Å². The van der Waals surface area contributed by atoms with Crippen LogP contribution in [-0.4, -0.2) is 50.0 Å². The van der Waals surface area contributed by atoms with Crippen LogP contribution in [0.5, 0.6) is 11.5 Å². The molecule has 36 heavy (non-hydrogen) atoms. The maximum Gasteiger partial charge on any atom is 0.417 e. The normalized spacial score (nSPS) is 11.1. The van der Waals surface area contributed by atoms with Crippen LogP contribution in [-0.2, 0) is 6.18 Å². The van der Waals surface area contributed by atoms with Crippen LogP contribution >= 0.6 is 34.2 Å². The number of nitrogens with zero attached hydrogens (tertiary/aromatic N) is 4. The molecule has 190 valence electrons. The number of carbonyl (C=O) groups excluding carboxylic acids is 2. The topological polar surface area (TPSA) is 66.0 Å². The number of hydrogen-bond acceptors (Lipinski definition) is 4. The number of aromatic nitrogens is 1. The van der Waals surface area contributed by atoms with Crippen molar-refractivity contribution in [3.05, 3.63) is 74.6 Å². The lowest BCUT2D eigenvalue weighted by Crippen LogP contribution is -2.39. The molecule has 0 atom stereocenters. The van der Waals surface area contributed by atoms with E-state index in [9.17, 15) is 22.8 Å². The minimum absolute atomic E-state index is 0.0410. The molecule has 2 aromatic carbocycles. The van der Waals surface area contributed by atoms with E-state index in [4.69, 9.17) is 16.3 Å². The molecular weight excluding hydrogens is 612 g/mol. The number of urea groups is 1. The van der Waals surface area contributed by atoms with Gasteiger partial charge in [0.05, 0.1) is 16.3 Å². The zero-order chi connectivity index (χ0) is 26.8. The molecule has 0 saturated heterocycles. The first kappa shape index (κ1) is 27.5. The van der Waals surface area contributed by atoms with Gasteiger partial charge < -0.3 is 9.64 Å². The summed E-state index contributed by atoms with van der Waals surface area (Å²) < 4.78 is 46.2. The summed E-state index contributed by atoms with van der Waals surface area (Å²) in [6.07, 6.45) is -3.18. The highest BCUT2D eigenvalue weighted by molar-refractivity contribution is 14.1. The van der Waals surface area contributed by atoms with E-state index in [-0.39, 0.29) is 17.3 Å². The summed E-state index contributed by atoms with van der Waals surface area (Å²) in [5.41, 5.74) is -0.234. The van der Waals surface area contributed by atoms with Gasteiger partial charge in [-0.15, -0.1) is 0 Å².